The Bertz CT molecular complexity index is 1310. The number of rotatable bonds is 2. The van der Waals surface area contributed by atoms with E-state index < -0.39 is 0 Å². The zero-order chi connectivity index (χ0) is 29.6. The molecule has 0 saturated heterocycles. The van der Waals surface area contributed by atoms with Crippen LogP contribution in [0.25, 0.3) is 53.3 Å². The fourth-order valence-electron chi connectivity index (χ4n) is 1.38. The van der Waals surface area contributed by atoms with E-state index in [-0.39, 0.29) is 176 Å². The second-order valence-electron chi connectivity index (χ2n) is 4.46. The summed E-state index contributed by atoms with van der Waals surface area (Å²) in [7, 11) is 0. The molecule has 0 radical (unpaired) electrons. The van der Waals surface area contributed by atoms with E-state index in [4.69, 9.17) is 45.8 Å². The van der Waals surface area contributed by atoms with Gasteiger partial charge in [-0.3, -0.25) is 30.4 Å². The molecule has 4 N–H and O–H groups in total. The monoisotopic (exact) mass is 680 g/mol. The second-order valence-corrected chi connectivity index (χ2v) is 4.46. The molecule has 0 aromatic carbocycles. The van der Waals surface area contributed by atoms with Crippen molar-refractivity contribution in [2.75, 3.05) is 13.1 Å². The average Bonchev–Trinajstić information content (AvgIpc) is 3.82. The van der Waals surface area contributed by atoms with Gasteiger partial charge >= 0.3 is 154 Å². The predicted octanol–water partition coefficient (Wildman–Crippen LogP) is -16.7. The standard InChI is InChI=1S/C4H4N6.C2N8.C2N5.C2N2.CHN.2N3.5Na.2H2O/c1-3(7-9-5-1)4-2-6-10-8-4;3-1(4-8-7-3)2-5-9-10-6-2;1-3-2-4-6-7-5-2;1-4-2-3;1-2;2*1-3-2;;;;;;;/h1-2H2;;;;1H;;;;;;;;2*1H2/q;-2;-1;;;2*-1;5*+1;;. The first kappa shape index (κ1) is 65.8. The fourth-order valence-corrected chi connectivity index (χ4v) is 1.38. The van der Waals surface area contributed by atoms with Gasteiger partial charge in [-0.05, 0) is 20.9 Å². The molecule has 0 aliphatic carbocycles. The molecule has 0 unspecified atom stereocenters. The molecule has 0 atom stereocenters. The molecule has 30 nitrogen and oxygen atoms in total. The smallest absolute Gasteiger partial charge is 0.533 e. The van der Waals surface area contributed by atoms with Gasteiger partial charge in [-0.2, -0.15) is 30.9 Å². The van der Waals surface area contributed by atoms with Gasteiger partial charge in [0, 0.05) is 23.5 Å². The van der Waals surface area contributed by atoms with Crippen LogP contribution >= 0.6 is 0 Å². The molecule has 0 spiro atoms. The summed E-state index contributed by atoms with van der Waals surface area (Å²) >= 11 is 0. The summed E-state index contributed by atoms with van der Waals surface area (Å²) in [5.41, 5.74) is 28.6. The van der Waals surface area contributed by atoms with E-state index in [1.54, 1.807) is 0 Å². The Morgan fingerprint density at radius 3 is 1.17 bits per heavy atom. The molecule has 5 heterocycles. The number of nitrogens with zero attached hydrogens (tertiary/aromatic N) is 28. The number of aromatic nitrogens is 12. The molecule has 0 saturated carbocycles. The van der Waals surface area contributed by atoms with Crippen molar-refractivity contribution in [3.05, 3.63) is 54.8 Å². The van der Waals surface area contributed by atoms with Crippen molar-refractivity contribution < 1.29 is 159 Å². The molecular formula is C11H9N28Na5O2. The third kappa shape index (κ3) is 35.7. The summed E-state index contributed by atoms with van der Waals surface area (Å²) in [5.74, 6) is 0.481. The molecule has 0 bridgehead atoms. The Hall–Kier alpha value is -2.75. The van der Waals surface area contributed by atoms with E-state index in [0.717, 1.165) is 11.4 Å². The molecule has 35 heteroatoms. The molecule has 0 amide bonds. The second kappa shape index (κ2) is 51.8. The molecule has 3 aromatic heterocycles. The molecule has 0 fully saturated rings. The van der Waals surface area contributed by atoms with E-state index in [1.165, 1.54) is 16.0 Å². The van der Waals surface area contributed by atoms with Gasteiger partial charge in [0.2, 0.25) is 0 Å². The summed E-state index contributed by atoms with van der Waals surface area (Å²) in [4.78, 5) is 8.12. The minimum absolute atomic E-state index is 0. The topological polar surface area (TPSA) is 469 Å². The number of hydrogen-bond acceptors (Lipinski definition) is 17. The van der Waals surface area contributed by atoms with Crippen molar-refractivity contribution >= 4 is 17.4 Å². The van der Waals surface area contributed by atoms with Gasteiger partial charge < -0.3 is 53.0 Å². The Morgan fingerprint density at radius 2 is 1.00 bits per heavy atom. The normalized spacial score (nSPS) is 8.67. The van der Waals surface area contributed by atoms with E-state index in [1.807, 2.05) is 0 Å². The van der Waals surface area contributed by atoms with Gasteiger partial charge in [-0.25, -0.2) is 11.8 Å². The van der Waals surface area contributed by atoms with E-state index in [0.29, 0.717) is 13.1 Å². The Labute approximate surface area is 366 Å². The van der Waals surface area contributed by atoms with Crippen molar-refractivity contribution in [2.45, 2.75) is 0 Å². The maximum Gasteiger partial charge on any atom is 1.00 e. The van der Waals surface area contributed by atoms with Crippen molar-refractivity contribution in [1.29, 1.82) is 10.5 Å². The van der Waals surface area contributed by atoms with Crippen LogP contribution < -0.4 is 163 Å². The Morgan fingerprint density at radius 1 is 0.674 bits per heavy atom. The van der Waals surface area contributed by atoms with Gasteiger partial charge in [0.05, 0.1) is 0 Å². The van der Waals surface area contributed by atoms with Gasteiger partial charge in [-0.15, -0.1) is 10.2 Å². The molecular weight excluding hydrogens is 671 g/mol. The van der Waals surface area contributed by atoms with Crippen LogP contribution in [-0.4, -0.2) is 82.0 Å². The molecule has 210 valence electrons. The summed E-state index contributed by atoms with van der Waals surface area (Å²) in [6, 6.07) is 0. The average molecular weight is 680 g/mol. The summed E-state index contributed by atoms with van der Waals surface area (Å²) < 4.78 is 0. The first-order valence-corrected chi connectivity index (χ1v) is 8.40. The van der Waals surface area contributed by atoms with Gasteiger partial charge in [0.1, 0.15) is 24.5 Å². The minimum Gasteiger partial charge on any atom is -0.533 e. The SMILES string of the molecule is C#N.C1N=NN=C1C1=NN=NC1.O.O.[C-]#[N+]C#N.[C-]#[N+]c1nnn[n-]1.[N-]=[N+]=[N-].[N-]=[N+]=[N-].[Na+].[Na+].[Na+].[Na+].[Na+].n1n[n-]c(-c2nnn[n-]2)n1. The van der Waals surface area contributed by atoms with Crippen LogP contribution in [0, 0.1) is 36.4 Å². The van der Waals surface area contributed by atoms with Crippen LogP contribution in [0.5, 0.6) is 0 Å². The zero-order valence-corrected chi connectivity index (χ0v) is 34.5. The maximum absolute atomic E-state index is 7.27. The van der Waals surface area contributed by atoms with E-state index in [9.17, 15) is 0 Å². The molecule has 2 aliphatic rings. The third-order valence-electron chi connectivity index (χ3n) is 2.53. The van der Waals surface area contributed by atoms with Crippen LogP contribution in [0.4, 0.5) is 5.95 Å². The summed E-state index contributed by atoms with van der Waals surface area (Å²) in [6.45, 7) is 16.5. The zero-order valence-electron chi connectivity index (χ0n) is 24.5. The molecule has 46 heavy (non-hydrogen) atoms. The first-order valence-electron chi connectivity index (χ1n) is 8.40. The van der Waals surface area contributed by atoms with Gasteiger partial charge in [0.15, 0.2) is 5.95 Å². The van der Waals surface area contributed by atoms with Crippen LogP contribution in [0.3, 0.4) is 0 Å². The largest absolute Gasteiger partial charge is 1.00 e. The van der Waals surface area contributed by atoms with Crippen LogP contribution in [0.2, 0.25) is 0 Å². The quantitative estimate of drug-likeness (QED) is 0.0606. The van der Waals surface area contributed by atoms with Gasteiger partial charge in [0.25, 0.3) is 0 Å². The van der Waals surface area contributed by atoms with Crippen LogP contribution in [-0.2, 0) is 0 Å². The fraction of sp³-hybridized carbons (Fsp3) is 0.182. The summed E-state index contributed by atoms with van der Waals surface area (Å²) in [5, 5.41) is 74.9. The van der Waals surface area contributed by atoms with Crippen molar-refractivity contribution in [2.24, 2.45) is 30.9 Å². The van der Waals surface area contributed by atoms with E-state index in [2.05, 4.69) is 109 Å². The number of hydrogen-bond donors (Lipinski definition) is 0. The van der Waals surface area contributed by atoms with E-state index >= 15 is 0 Å². The van der Waals surface area contributed by atoms with Crippen LogP contribution in [0.15, 0.2) is 30.9 Å². The molecule has 3 aromatic rings. The van der Waals surface area contributed by atoms with Gasteiger partial charge in [-0.1, -0.05) is 6.57 Å². The Kier molecular flexibility index (Phi) is 74.1. The number of tetrazole rings is 3. The summed E-state index contributed by atoms with van der Waals surface area (Å²) in [6.07, 6.45) is 1.22. The van der Waals surface area contributed by atoms with Crippen molar-refractivity contribution in [3.63, 3.8) is 0 Å². The number of nitriles is 2. The first-order chi connectivity index (χ1) is 19.1. The molecule has 2 aliphatic heterocycles. The maximum atomic E-state index is 7.27. The minimum atomic E-state index is 0. The predicted molar refractivity (Wildman–Crippen MR) is 125 cm³/mol. The van der Waals surface area contributed by atoms with Crippen molar-refractivity contribution in [3.8, 4) is 24.4 Å². The Balaban J connectivity index is -0.0000000517. The van der Waals surface area contributed by atoms with Crippen LogP contribution in [0.1, 0.15) is 0 Å². The van der Waals surface area contributed by atoms with Crippen molar-refractivity contribution in [1.82, 2.24) is 61.9 Å². The third-order valence-corrected chi connectivity index (χ3v) is 2.53. The molecule has 5 rings (SSSR count).